The van der Waals surface area contributed by atoms with Crippen LogP contribution >= 0.6 is 0 Å². The molecule has 1 unspecified atom stereocenters. The molecule has 162 valence electrons. The average molecular weight is 421 g/mol. The Kier molecular flexibility index (Phi) is 6.49. The highest BCUT2D eigenvalue weighted by atomic mass is 16.5. The van der Waals surface area contributed by atoms with E-state index in [1.165, 1.54) is 4.90 Å². The summed E-state index contributed by atoms with van der Waals surface area (Å²) in [5.74, 6) is -1.63. The van der Waals surface area contributed by atoms with Crippen LogP contribution in [0.25, 0.3) is 5.76 Å². The fourth-order valence-corrected chi connectivity index (χ4v) is 4.35. The molecule has 6 heteroatoms. The smallest absolute Gasteiger partial charge is 0.295 e. The van der Waals surface area contributed by atoms with E-state index in [9.17, 15) is 14.7 Å². The number of Topliss-reactive ketones (excluding diaryl/α,β-unsaturated/α-hetero) is 1. The Bertz CT molecular complexity index is 963. The summed E-state index contributed by atoms with van der Waals surface area (Å²) < 4.78 is 5.41. The number of nitrogens with zero attached hydrogens (tertiary/aromatic N) is 1. The van der Waals surface area contributed by atoms with Gasteiger partial charge in [0.1, 0.15) is 13.1 Å². The summed E-state index contributed by atoms with van der Waals surface area (Å²) in [5.41, 5.74) is 2.36. The summed E-state index contributed by atoms with van der Waals surface area (Å²) in [4.78, 5) is 29.0. The van der Waals surface area contributed by atoms with Crippen LogP contribution in [0, 0.1) is 6.92 Å². The minimum Gasteiger partial charge on any atom is -0.872 e. The predicted octanol–water partition coefficient (Wildman–Crippen LogP) is 0.524. The Morgan fingerprint density at radius 1 is 1.06 bits per heavy atom. The number of morpholine rings is 1. The lowest BCUT2D eigenvalue weighted by atomic mass is 9.94. The molecular formula is C25H28N2O4. The number of nitrogens with one attached hydrogen (secondary N) is 1. The van der Waals surface area contributed by atoms with E-state index in [1.807, 2.05) is 37.3 Å². The van der Waals surface area contributed by atoms with Crippen molar-refractivity contribution in [3.8, 4) is 0 Å². The Morgan fingerprint density at radius 3 is 2.42 bits per heavy atom. The monoisotopic (exact) mass is 420 g/mol. The molecule has 0 aromatic heterocycles. The molecule has 2 aliphatic heterocycles. The van der Waals surface area contributed by atoms with Crippen molar-refractivity contribution < 1.29 is 24.3 Å². The molecule has 2 aromatic rings. The number of quaternary nitrogens is 1. The number of amides is 1. The van der Waals surface area contributed by atoms with Crippen LogP contribution < -0.4 is 10.0 Å². The molecule has 0 saturated carbocycles. The van der Waals surface area contributed by atoms with Gasteiger partial charge in [-0.3, -0.25) is 9.59 Å². The molecule has 0 spiro atoms. The lowest BCUT2D eigenvalue weighted by Gasteiger charge is -2.29. The van der Waals surface area contributed by atoms with Crippen LogP contribution in [0.3, 0.4) is 0 Å². The fourth-order valence-electron chi connectivity index (χ4n) is 4.35. The standard InChI is InChI=1S/C25H28N2O4/c1-18-8-10-19(11-9-18)22-21(23(28)20-6-3-2-4-7-20)24(29)25(30)27(22)13-5-12-26-14-16-31-17-15-26/h2-4,6-11,22,28H,5,12-17H2,1H3. The van der Waals surface area contributed by atoms with Crippen molar-refractivity contribution in [2.75, 3.05) is 39.4 Å². The average Bonchev–Trinajstić information content (AvgIpc) is 3.05. The van der Waals surface area contributed by atoms with Gasteiger partial charge in [-0.15, -0.1) is 0 Å². The maximum atomic E-state index is 13.3. The lowest BCUT2D eigenvalue weighted by molar-refractivity contribution is -0.908. The van der Waals surface area contributed by atoms with Crippen LogP contribution in [0.15, 0.2) is 60.2 Å². The second-order valence-electron chi connectivity index (χ2n) is 8.22. The zero-order valence-electron chi connectivity index (χ0n) is 17.8. The van der Waals surface area contributed by atoms with Crippen molar-refractivity contribution in [1.82, 2.24) is 4.90 Å². The van der Waals surface area contributed by atoms with Gasteiger partial charge in [0.05, 0.1) is 25.8 Å². The summed E-state index contributed by atoms with van der Waals surface area (Å²) in [5, 5.41) is 13.3. The maximum absolute atomic E-state index is 13.3. The summed E-state index contributed by atoms with van der Waals surface area (Å²) in [6.07, 6.45) is 0.767. The van der Waals surface area contributed by atoms with E-state index < -0.39 is 17.7 Å². The number of benzene rings is 2. The number of aryl methyl sites for hydroxylation is 1. The molecule has 2 saturated heterocycles. The fraction of sp³-hybridized carbons (Fsp3) is 0.360. The summed E-state index contributed by atoms with van der Waals surface area (Å²) in [7, 11) is 0. The first-order valence-corrected chi connectivity index (χ1v) is 10.9. The molecule has 2 fully saturated rings. The van der Waals surface area contributed by atoms with Gasteiger partial charge in [-0.25, -0.2) is 0 Å². The van der Waals surface area contributed by atoms with Crippen LogP contribution in [0.5, 0.6) is 0 Å². The van der Waals surface area contributed by atoms with Gasteiger partial charge in [0.2, 0.25) is 5.78 Å². The topological polar surface area (TPSA) is 74.1 Å². The van der Waals surface area contributed by atoms with E-state index in [0.717, 1.165) is 50.4 Å². The molecule has 0 radical (unpaired) electrons. The molecule has 1 N–H and O–H groups in total. The molecular weight excluding hydrogens is 392 g/mol. The molecule has 4 rings (SSSR count). The van der Waals surface area contributed by atoms with Crippen molar-refractivity contribution in [1.29, 1.82) is 0 Å². The molecule has 31 heavy (non-hydrogen) atoms. The van der Waals surface area contributed by atoms with Gasteiger partial charge in [0.25, 0.3) is 5.91 Å². The molecule has 0 aliphatic carbocycles. The van der Waals surface area contributed by atoms with Crippen molar-refractivity contribution >= 4 is 17.4 Å². The Hall–Kier alpha value is -2.96. The Labute approximate surface area is 182 Å². The van der Waals surface area contributed by atoms with Gasteiger partial charge in [0, 0.05) is 18.5 Å². The van der Waals surface area contributed by atoms with Crippen molar-refractivity contribution in [2.45, 2.75) is 19.4 Å². The van der Waals surface area contributed by atoms with Crippen LogP contribution in [0.4, 0.5) is 0 Å². The van der Waals surface area contributed by atoms with Crippen LogP contribution in [0.2, 0.25) is 0 Å². The van der Waals surface area contributed by atoms with E-state index >= 15 is 0 Å². The largest absolute Gasteiger partial charge is 0.872 e. The molecule has 2 aliphatic rings. The van der Waals surface area contributed by atoms with E-state index in [2.05, 4.69) is 0 Å². The van der Waals surface area contributed by atoms with Crippen molar-refractivity contribution in [2.24, 2.45) is 0 Å². The zero-order chi connectivity index (χ0) is 21.8. The van der Waals surface area contributed by atoms with Crippen molar-refractivity contribution in [3.63, 3.8) is 0 Å². The summed E-state index contributed by atoms with van der Waals surface area (Å²) >= 11 is 0. The van der Waals surface area contributed by atoms with Gasteiger partial charge in [0.15, 0.2) is 0 Å². The van der Waals surface area contributed by atoms with Crippen LogP contribution in [0.1, 0.15) is 29.2 Å². The second kappa shape index (κ2) is 9.45. The van der Waals surface area contributed by atoms with E-state index in [4.69, 9.17) is 4.74 Å². The lowest BCUT2D eigenvalue weighted by Crippen LogP contribution is -3.14. The van der Waals surface area contributed by atoms with Crippen molar-refractivity contribution in [3.05, 3.63) is 76.9 Å². The van der Waals surface area contributed by atoms with Gasteiger partial charge in [-0.1, -0.05) is 65.9 Å². The Morgan fingerprint density at radius 2 is 1.74 bits per heavy atom. The van der Waals surface area contributed by atoms with Crippen LogP contribution in [-0.4, -0.2) is 56.0 Å². The number of ether oxygens (including phenoxy) is 1. The number of rotatable bonds is 6. The quantitative estimate of drug-likeness (QED) is 0.420. The zero-order valence-corrected chi connectivity index (χ0v) is 17.8. The van der Waals surface area contributed by atoms with Gasteiger partial charge in [-0.05, 0) is 18.1 Å². The molecule has 2 aromatic carbocycles. The first kappa shape index (κ1) is 21.3. The minimum atomic E-state index is -0.682. The maximum Gasteiger partial charge on any atom is 0.295 e. The molecule has 1 atom stereocenters. The highest BCUT2D eigenvalue weighted by Crippen LogP contribution is 2.38. The number of carbonyl (C=O) groups excluding carboxylic acids is 2. The number of hydrogen-bond donors (Lipinski definition) is 1. The molecule has 6 nitrogen and oxygen atoms in total. The highest BCUT2D eigenvalue weighted by molar-refractivity contribution is 6.46. The summed E-state index contributed by atoms with van der Waals surface area (Å²) in [6, 6.07) is 15.8. The number of likely N-dealkylation sites (tertiary alicyclic amines) is 1. The third kappa shape index (κ3) is 4.55. The molecule has 0 bridgehead atoms. The first-order valence-electron chi connectivity index (χ1n) is 10.9. The normalized spacial score (nSPS) is 21.6. The second-order valence-corrected chi connectivity index (χ2v) is 8.22. The van der Waals surface area contributed by atoms with Crippen LogP contribution in [-0.2, 0) is 14.3 Å². The summed E-state index contributed by atoms with van der Waals surface area (Å²) in [6.45, 7) is 6.76. The van der Waals surface area contributed by atoms with Gasteiger partial charge < -0.3 is 19.6 Å². The van der Waals surface area contributed by atoms with E-state index in [-0.39, 0.29) is 11.3 Å². The van der Waals surface area contributed by atoms with E-state index in [0.29, 0.717) is 12.1 Å². The first-order chi connectivity index (χ1) is 15.1. The Balaban J connectivity index is 1.65. The number of hydrogen-bond acceptors (Lipinski definition) is 4. The highest BCUT2D eigenvalue weighted by Gasteiger charge is 2.43. The number of ketones is 1. The minimum absolute atomic E-state index is 0.0544. The number of carbonyl (C=O) groups is 2. The van der Waals surface area contributed by atoms with Gasteiger partial charge in [-0.2, -0.15) is 0 Å². The molecule has 1 amide bonds. The third-order valence-electron chi connectivity index (χ3n) is 6.09. The predicted molar refractivity (Wildman–Crippen MR) is 115 cm³/mol. The molecule has 2 heterocycles. The van der Waals surface area contributed by atoms with Gasteiger partial charge >= 0.3 is 0 Å². The SMILES string of the molecule is Cc1ccc(C2C(=C([O-])c3ccccc3)C(=O)C(=O)N2CCC[NH+]2CCOCC2)cc1. The third-order valence-corrected chi connectivity index (χ3v) is 6.09. The van der Waals surface area contributed by atoms with E-state index in [1.54, 1.807) is 29.2 Å².